The standard InChI is InChI=1S/C15H23NO2/c1-10-8-11(2)13(16)12(9-10)14(17)18-7-6-15(3,4)5/h8-9H,6-7,16H2,1-5H3. The largest absolute Gasteiger partial charge is 0.462 e. The molecule has 3 nitrogen and oxygen atoms in total. The van der Waals surface area contributed by atoms with E-state index >= 15 is 0 Å². The van der Waals surface area contributed by atoms with Crippen molar-refractivity contribution in [2.45, 2.75) is 41.0 Å². The predicted octanol–water partition coefficient (Wildman–Crippen LogP) is 3.48. The average Bonchev–Trinajstić information content (AvgIpc) is 2.21. The lowest BCUT2D eigenvalue weighted by atomic mass is 9.93. The van der Waals surface area contributed by atoms with E-state index in [0.29, 0.717) is 17.9 Å². The molecular formula is C15H23NO2. The predicted molar refractivity (Wildman–Crippen MR) is 74.7 cm³/mol. The summed E-state index contributed by atoms with van der Waals surface area (Å²) >= 11 is 0. The molecule has 0 aliphatic heterocycles. The lowest BCUT2D eigenvalue weighted by Crippen LogP contribution is -2.14. The summed E-state index contributed by atoms with van der Waals surface area (Å²) in [6, 6.07) is 3.74. The highest BCUT2D eigenvalue weighted by Crippen LogP contribution is 2.22. The molecule has 0 amide bonds. The SMILES string of the molecule is Cc1cc(C)c(N)c(C(=O)OCCC(C)(C)C)c1. The van der Waals surface area contributed by atoms with Crippen molar-refractivity contribution in [1.82, 2.24) is 0 Å². The van der Waals surface area contributed by atoms with Crippen molar-refractivity contribution in [1.29, 1.82) is 0 Å². The Hall–Kier alpha value is -1.51. The van der Waals surface area contributed by atoms with Gasteiger partial charge in [0, 0.05) is 5.69 Å². The second kappa shape index (κ2) is 5.42. The number of anilines is 1. The van der Waals surface area contributed by atoms with Crippen molar-refractivity contribution in [3.63, 3.8) is 0 Å². The molecule has 0 bridgehead atoms. The van der Waals surface area contributed by atoms with Crippen LogP contribution in [0.3, 0.4) is 0 Å². The van der Waals surface area contributed by atoms with Gasteiger partial charge in [-0.3, -0.25) is 0 Å². The quantitative estimate of drug-likeness (QED) is 0.659. The number of hydrogen-bond donors (Lipinski definition) is 1. The second-order valence-corrected chi connectivity index (χ2v) is 5.99. The van der Waals surface area contributed by atoms with Crippen molar-refractivity contribution in [3.8, 4) is 0 Å². The molecule has 0 fully saturated rings. The summed E-state index contributed by atoms with van der Waals surface area (Å²) in [5.74, 6) is -0.330. The summed E-state index contributed by atoms with van der Waals surface area (Å²) in [7, 11) is 0. The maximum atomic E-state index is 12.0. The van der Waals surface area contributed by atoms with Crippen LogP contribution in [-0.2, 0) is 4.74 Å². The maximum absolute atomic E-state index is 12.0. The first-order chi connectivity index (χ1) is 8.20. The lowest BCUT2D eigenvalue weighted by molar-refractivity contribution is 0.0466. The topological polar surface area (TPSA) is 52.3 Å². The van der Waals surface area contributed by atoms with Gasteiger partial charge in [0.15, 0.2) is 0 Å². The zero-order valence-electron chi connectivity index (χ0n) is 12.0. The van der Waals surface area contributed by atoms with Gasteiger partial charge in [-0.25, -0.2) is 4.79 Å². The van der Waals surface area contributed by atoms with Gasteiger partial charge in [0.2, 0.25) is 0 Å². The van der Waals surface area contributed by atoms with Crippen molar-refractivity contribution in [3.05, 3.63) is 28.8 Å². The van der Waals surface area contributed by atoms with Crippen LogP contribution in [0.25, 0.3) is 0 Å². The van der Waals surface area contributed by atoms with Crippen molar-refractivity contribution in [2.24, 2.45) is 5.41 Å². The van der Waals surface area contributed by atoms with Crippen molar-refractivity contribution < 1.29 is 9.53 Å². The van der Waals surface area contributed by atoms with E-state index in [0.717, 1.165) is 17.5 Å². The zero-order valence-corrected chi connectivity index (χ0v) is 12.0. The number of ether oxygens (including phenoxy) is 1. The summed E-state index contributed by atoms with van der Waals surface area (Å²) in [6.45, 7) is 10.6. The Kier molecular flexibility index (Phi) is 4.38. The Morgan fingerprint density at radius 2 is 1.89 bits per heavy atom. The van der Waals surface area contributed by atoms with E-state index < -0.39 is 0 Å². The molecule has 0 spiro atoms. The fraction of sp³-hybridized carbons (Fsp3) is 0.533. The van der Waals surface area contributed by atoms with Gasteiger partial charge in [0.25, 0.3) is 0 Å². The van der Waals surface area contributed by atoms with Gasteiger partial charge in [0.05, 0.1) is 12.2 Å². The minimum Gasteiger partial charge on any atom is -0.462 e. The third-order valence-corrected chi connectivity index (χ3v) is 2.84. The number of benzene rings is 1. The zero-order chi connectivity index (χ0) is 13.9. The van der Waals surface area contributed by atoms with E-state index in [1.807, 2.05) is 19.9 Å². The molecule has 3 heteroatoms. The molecule has 0 saturated carbocycles. The van der Waals surface area contributed by atoms with Gasteiger partial charge in [-0.05, 0) is 42.9 Å². The van der Waals surface area contributed by atoms with E-state index in [-0.39, 0.29) is 11.4 Å². The smallest absolute Gasteiger partial charge is 0.340 e. The maximum Gasteiger partial charge on any atom is 0.340 e. The number of nitrogens with two attached hydrogens (primary N) is 1. The molecule has 0 unspecified atom stereocenters. The first-order valence-electron chi connectivity index (χ1n) is 6.24. The van der Waals surface area contributed by atoms with Crippen LogP contribution >= 0.6 is 0 Å². The molecular weight excluding hydrogens is 226 g/mol. The van der Waals surface area contributed by atoms with Crippen LogP contribution in [0.2, 0.25) is 0 Å². The number of esters is 1. The number of nitrogen functional groups attached to an aromatic ring is 1. The Morgan fingerprint density at radius 1 is 1.28 bits per heavy atom. The van der Waals surface area contributed by atoms with E-state index in [1.54, 1.807) is 6.07 Å². The number of carbonyl (C=O) groups is 1. The van der Waals surface area contributed by atoms with Crippen LogP contribution in [0.1, 0.15) is 48.7 Å². The third-order valence-electron chi connectivity index (χ3n) is 2.84. The summed E-state index contributed by atoms with van der Waals surface area (Å²) < 4.78 is 5.28. The number of aryl methyl sites for hydroxylation is 2. The third kappa shape index (κ3) is 4.06. The van der Waals surface area contributed by atoms with Gasteiger partial charge < -0.3 is 10.5 Å². The van der Waals surface area contributed by atoms with Crippen LogP contribution in [-0.4, -0.2) is 12.6 Å². The fourth-order valence-corrected chi connectivity index (χ4v) is 1.68. The molecule has 1 aromatic carbocycles. The van der Waals surface area contributed by atoms with E-state index in [4.69, 9.17) is 10.5 Å². The normalized spacial score (nSPS) is 11.4. The molecule has 0 aromatic heterocycles. The van der Waals surface area contributed by atoms with Crippen molar-refractivity contribution >= 4 is 11.7 Å². The molecule has 0 aliphatic rings. The first kappa shape index (κ1) is 14.6. The average molecular weight is 249 g/mol. The number of hydrogen-bond acceptors (Lipinski definition) is 3. The van der Waals surface area contributed by atoms with E-state index in [1.165, 1.54) is 0 Å². The minimum atomic E-state index is -0.330. The number of carbonyl (C=O) groups excluding carboxylic acids is 1. The number of rotatable bonds is 3. The van der Waals surface area contributed by atoms with Gasteiger partial charge >= 0.3 is 5.97 Å². The van der Waals surface area contributed by atoms with Gasteiger partial charge in [0.1, 0.15) is 0 Å². The van der Waals surface area contributed by atoms with Crippen LogP contribution in [0.5, 0.6) is 0 Å². The fourth-order valence-electron chi connectivity index (χ4n) is 1.68. The first-order valence-corrected chi connectivity index (χ1v) is 6.24. The van der Waals surface area contributed by atoms with Gasteiger partial charge in [-0.1, -0.05) is 26.8 Å². The Bertz CT molecular complexity index is 445. The summed E-state index contributed by atoms with van der Waals surface area (Å²) in [4.78, 5) is 12.0. The highest BCUT2D eigenvalue weighted by Gasteiger charge is 2.15. The van der Waals surface area contributed by atoms with Crippen LogP contribution in [0.4, 0.5) is 5.69 Å². The van der Waals surface area contributed by atoms with E-state index in [2.05, 4.69) is 20.8 Å². The molecule has 0 aliphatic carbocycles. The monoisotopic (exact) mass is 249 g/mol. The van der Waals surface area contributed by atoms with Crippen LogP contribution < -0.4 is 5.73 Å². The lowest BCUT2D eigenvalue weighted by Gasteiger charge is -2.18. The highest BCUT2D eigenvalue weighted by atomic mass is 16.5. The molecule has 0 heterocycles. The summed E-state index contributed by atoms with van der Waals surface area (Å²) in [5.41, 5.74) is 8.99. The molecule has 0 radical (unpaired) electrons. The molecule has 1 rings (SSSR count). The molecule has 2 N–H and O–H groups in total. The molecule has 100 valence electrons. The summed E-state index contributed by atoms with van der Waals surface area (Å²) in [5, 5.41) is 0. The van der Waals surface area contributed by atoms with Gasteiger partial charge in [-0.15, -0.1) is 0 Å². The summed E-state index contributed by atoms with van der Waals surface area (Å²) in [6.07, 6.45) is 0.837. The Labute approximate surface area is 109 Å². The van der Waals surface area contributed by atoms with Crippen LogP contribution in [0, 0.1) is 19.3 Å². The van der Waals surface area contributed by atoms with E-state index in [9.17, 15) is 4.79 Å². The minimum absolute atomic E-state index is 0.161. The Morgan fingerprint density at radius 3 is 2.44 bits per heavy atom. The molecule has 0 atom stereocenters. The van der Waals surface area contributed by atoms with Gasteiger partial charge in [-0.2, -0.15) is 0 Å². The molecule has 0 saturated heterocycles. The van der Waals surface area contributed by atoms with Crippen LogP contribution in [0.15, 0.2) is 12.1 Å². The highest BCUT2D eigenvalue weighted by molar-refractivity contribution is 5.96. The Balaban J connectivity index is 2.73. The molecule has 1 aromatic rings. The molecule has 18 heavy (non-hydrogen) atoms. The van der Waals surface area contributed by atoms with Crippen molar-refractivity contribution in [2.75, 3.05) is 12.3 Å². The second-order valence-electron chi connectivity index (χ2n) is 5.99.